The van der Waals surface area contributed by atoms with E-state index in [0.29, 0.717) is 21.5 Å². The number of halogens is 1. The van der Waals surface area contributed by atoms with Gasteiger partial charge in [-0.1, -0.05) is 11.3 Å². The third kappa shape index (κ3) is 3.31. The number of hydrogen-bond acceptors (Lipinski definition) is 6. The van der Waals surface area contributed by atoms with Crippen molar-refractivity contribution in [3.63, 3.8) is 0 Å². The van der Waals surface area contributed by atoms with Crippen LogP contribution in [0.4, 0.5) is 16.6 Å². The van der Waals surface area contributed by atoms with Crippen molar-refractivity contribution in [2.75, 3.05) is 10.6 Å². The van der Waals surface area contributed by atoms with E-state index in [4.69, 9.17) is 0 Å². The van der Waals surface area contributed by atoms with E-state index in [1.807, 2.05) is 31.2 Å². The first-order chi connectivity index (χ1) is 12.6. The first-order valence-electron chi connectivity index (χ1n) is 7.68. The molecular formula is C17H13BrN6OS. The van der Waals surface area contributed by atoms with Crippen molar-refractivity contribution in [2.45, 2.75) is 6.92 Å². The van der Waals surface area contributed by atoms with Crippen molar-refractivity contribution in [3.8, 4) is 0 Å². The van der Waals surface area contributed by atoms with E-state index in [1.165, 1.54) is 11.3 Å². The van der Waals surface area contributed by atoms with Crippen LogP contribution >= 0.6 is 27.3 Å². The Labute approximate surface area is 161 Å². The third-order valence-electron chi connectivity index (χ3n) is 3.69. The van der Waals surface area contributed by atoms with E-state index < -0.39 is 0 Å². The fourth-order valence-corrected chi connectivity index (χ4v) is 3.61. The number of nitrogens with one attached hydrogen (secondary N) is 3. The molecule has 0 aliphatic rings. The van der Waals surface area contributed by atoms with E-state index in [-0.39, 0.29) is 5.91 Å². The Balaban J connectivity index is 1.55. The van der Waals surface area contributed by atoms with E-state index in [9.17, 15) is 4.79 Å². The van der Waals surface area contributed by atoms with Gasteiger partial charge in [-0.3, -0.25) is 9.89 Å². The summed E-state index contributed by atoms with van der Waals surface area (Å²) < 4.78 is 0.784. The quantitative estimate of drug-likeness (QED) is 0.445. The van der Waals surface area contributed by atoms with Gasteiger partial charge >= 0.3 is 0 Å². The Kier molecular flexibility index (Phi) is 4.39. The minimum Gasteiger partial charge on any atom is -0.320 e. The summed E-state index contributed by atoms with van der Waals surface area (Å²) in [6.07, 6.45) is 4.95. The topological polar surface area (TPSA) is 95.6 Å². The summed E-state index contributed by atoms with van der Waals surface area (Å²) in [4.78, 5) is 21.6. The van der Waals surface area contributed by atoms with Crippen LogP contribution in [-0.4, -0.2) is 26.1 Å². The number of nitrogens with zero attached hydrogens (tertiary/aromatic N) is 3. The molecule has 130 valence electrons. The number of carbonyl (C=O) groups excluding carboxylic acids is 1. The Morgan fingerprint density at radius 2 is 2.12 bits per heavy atom. The predicted molar refractivity (Wildman–Crippen MR) is 106 cm³/mol. The van der Waals surface area contributed by atoms with Crippen molar-refractivity contribution in [3.05, 3.63) is 57.8 Å². The van der Waals surface area contributed by atoms with Crippen LogP contribution in [0.5, 0.6) is 0 Å². The highest BCUT2D eigenvalue weighted by Gasteiger charge is 2.15. The molecular weight excluding hydrogens is 416 g/mol. The summed E-state index contributed by atoms with van der Waals surface area (Å²) in [6, 6.07) is 7.59. The molecule has 1 amide bonds. The van der Waals surface area contributed by atoms with Crippen LogP contribution in [0, 0.1) is 6.92 Å². The second-order valence-electron chi connectivity index (χ2n) is 5.58. The van der Waals surface area contributed by atoms with Gasteiger partial charge in [-0.15, -0.1) is 0 Å². The summed E-state index contributed by atoms with van der Waals surface area (Å²) in [5, 5.41) is 14.4. The molecule has 3 N–H and O–H groups in total. The van der Waals surface area contributed by atoms with Gasteiger partial charge in [0.05, 0.1) is 23.6 Å². The Morgan fingerprint density at radius 3 is 2.96 bits per heavy atom. The lowest BCUT2D eigenvalue weighted by atomic mass is 10.2. The van der Waals surface area contributed by atoms with Gasteiger partial charge in [-0.05, 0) is 52.7 Å². The lowest BCUT2D eigenvalue weighted by Gasteiger charge is -2.07. The molecule has 0 saturated heterocycles. The van der Waals surface area contributed by atoms with Crippen molar-refractivity contribution >= 4 is 60.7 Å². The zero-order chi connectivity index (χ0) is 18.1. The Bertz CT molecular complexity index is 1110. The normalized spacial score (nSPS) is 10.8. The average Bonchev–Trinajstić information content (AvgIpc) is 3.27. The van der Waals surface area contributed by atoms with Crippen LogP contribution in [-0.2, 0) is 0 Å². The molecule has 0 aliphatic carbocycles. The van der Waals surface area contributed by atoms with Gasteiger partial charge in [0.25, 0.3) is 5.91 Å². The molecule has 0 bridgehead atoms. The van der Waals surface area contributed by atoms with E-state index in [0.717, 1.165) is 20.9 Å². The molecule has 4 rings (SSSR count). The number of carbonyl (C=O) groups is 1. The predicted octanol–water partition coefficient (Wildman–Crippen LogP) is 4.48. The standard InChI is InChI=1S/C17H13BrN6OS/c1-9-4-5-19-14(6-9)22-17-20-8-13(26-17)16(25)23-15-10-7-21-24-12(10)3-2-11(15)18/h2-8H,1H3,(H,21,24)(H,23,25)(H,19,20,22). The number of aromatic nitrogens is 4. The number of hydrogen-bond donors (Lipinski definition) is 3. The van der Waals surface area contributed by atoms with Crippen LogP contribution in [0.3, 0.4) is 0 Å². The summed E-state index contributed by atoms with van der Waals surface area (Å²) >= 11 is 4.73. The SMILES string of the molecule is Cc1ccnc(Nc2ncc(C(=O)Nc3c(Br)ccc4[nH]ncc34)s2)c1. The number of aryl methyl sites for hydroxylation is 1. The Hall–Kier alpha value is -2.78. The molecule has 1 aromatic carbocycles. The van der Waals surface area contributed by atoms with Crippen LogP contribution in [0.2, 0.25) is 0 Å². The largest absolute Gasteiger partial charge is 0.320 e. The molecule has 0 unspecified atom stereocenters. The fraction of sp³-hybridized carbons (Fsp3) is 0.0588. The molecule has 0 atom stereocenters. The van der Waals surface area contributed by atoms with Gasteiger partial charge in [0.1, 0.15) is 10.7 Å². The fourth-order valence-electron chi connectivity index (χ4n) is 2.44. The highest BCUT2D eigenvalue weighted by Crippen LogP contribution is 2.31. The minimum atomic E-state index is -0.234. The van der Waals surface area contributed by atoms with Gasteiger partial charge in [-0.2, -0.15) is 5.10 Å². The lowest BCUT2D eigenvalue weighted by molar-refractivity contribution is 0.103. The van der Waals surface area contributed by atoms with Gasteiger partial charge in [-0.25, -0.2) is 9.97 Å². The third-order valence-corrected chi connectivity index (χ3v) is 5.26. The number of benzene rings is 1. The summed E-state index contributed by atoms with van der Waals surface area (Å²) in [5.74, 6) is 0.458. The molecule has 0 aliphatic heterocycles. The molecule has 3 heterocycles. The lowest BCUT2D eigenvalue weighted by Crippen LogP contribution is -2.10. The number of H-pyrrole nitrogens is 1. The summed E-state index contributed by atoms with van der Waals surface area (Å²) in [6.45, 7) is 1.99. The molecule has 26 heavy (non-hydrogen) atoms. The van der Waals surface area contributed by atoms with Crippen molar-refractivity contribution in [2.24, 2.45) is 0 Å². The van der Waals surface area contributed by atoms with E-state index in [2.05, 4.69) is 46.7 Å². The number of amides is 1. The van der Waals surface area contributed by atoms with Crippen molar-refractivity contribution < 1.29 is 4.79 Å². The highest BCUT2D eigenvalue weighted by atomic mass is 79.9. The minimum absolute atomic E-state index is 0.234. The molecule has 3 aromatic heterocycles. The van der Waals surface area contributed by atoms with Gasteiger partial charge in [0.15, 0.2) is 5.13 Å². The van der Waals surface area contributed by atoms with E-state index in [1.54, 1.807) is 18.6 Å². The number of aromatic amines is 1. The van der Waals surface area contributed by atoms with Gasteiger partial charge < -0.3 is 10.6 Å². The molecule has 0 fully saturated rings. The number of thiazole rings is 1. The molecule has 9 heteroatoms. The smallest absolute Gasteiger partial charge is 0.267 e. The zero-order valence-electron chi connectivity index (χ0n) is 13.6. The van der Waals surface area contributed by atoms with Gasteiger partial charge in [0.2, 0.25) is 0 Å². The summed E-state index contributed by atoms with van der Waals surface area (Å²) in [5.41, 5.74) is 2.61. The first-order valence-corrected chi connectivity index (χ1v) is 9.29. The molecule has 0 spiro atoms. The molecule has 0 radical (unpaired) electrons. The maximum Gasteiger partial charge on any atom is 0.267 e. The number of pyridine rings is 1. The molecule has 4 aromatic rings. The molecule has 0 saturated carbocycles. The second-order valence-corrected chi connectivity index (χ2v) is 7.47. The van der Waals surface area contributed by atoms with Crippen molar-refractivity contribution in [1.29, 1.82) is 0 Å². The number of anilines is 3. The van der Waals surface area contributed by atoms with Crippen LogP contribution in [0.15, 0.2) is 47.3 Å². The van der Waals surface area contributed by atoms with Crippen LogP contribution in [0.1, 0.15) is 15.2 Å². The highest BCUT2D eigenvalue weighted by molar-refractivity contribution is 9.10. The second kappa shape index (κ2) is 6.85. The number of fused-ring (bicyclic) bond motifs is 1. The average molecular weight is 429 g/mol. The van der Waals surface area contributed by atoms with E-state index >= 15 is 0 Å². The summed E-state index contributed by atoms with van der Waals surface area (Å²) in [7, 11) is 0. The maximum absolute atomic E-state index is 12.6. The monoisotopic (exact) mass is 428 g/mol. The first kappa shape index (κ1) is 16.7. The van der Waals surface area contributed by atoms with Crippen LogP contribution in [0.25, 0.3) is 10.9 Å². The Morgan fingerprint density at radius 1 is 1.23 bits per heavy atom. The number of rotatable bonds is 4. The van der Waals surface area contributed by atoms with Crippen molar-refractivity contribution in [1.82, 2.24) is 20.2 Å². The van der Waals surface area contributed by atoms with Gasteiger partial charge in [0, 0.05) is 16.1 Å². The zero-order valence-corrected chi connectivity index (χ0v) is 16.0. The maximum atomic E-state index is 12.6. The van der Waals surface area contributed by atoms with Crippen LogP contribution < -0.4 is 10.6 Å². The molecule has 7 nitrogen and oxygen atoms in total.